The number of azide groups is 1. The molecular weight excluding hydrogens is 293 g/mol. The molecule has 116 valence electrons. The molecule has 0 bridgehead atoms. The van der Waals surface area contributed by atoms with Crippen LogP contribution in [0.15, 0.2) is 23.3 Å². The van der Waals surface area contributed by atoms with Gasteiger partial charge in [-0.15, -0.1) is 13.2 Å². The van der Waals surface area contributed by atoms with Crippen molar-refractivity contribution in [3.63, 3.8) is 0 Å². The Hall–Kier alpha value is -2.16. The SMILES string of the molecule is [N-]=[N+]=NCCC(O)C(O)c1cc(N)ccc1OC(F)(F)F. The van der Waals surface area contributed by atoms with Crippen LogP contribution in [0.3, 0.4) is 0 Å². The topological polar surface area (TPSA) is 124 Å². The average Bonchev–Trinajstić information content (AvgIpc) is 2.38. The molecule has 0 aliphatic rings. The standard InChI is InChI=1S/C11H13F3N4O3/c12-11(13,14)21-9-2-1-6(15)5-7(9)10(20)8(19)3-4-17-18-16/h1-2,5,8,10,19-20H,3-4,15H2. The Balaban J connectivity index is 2.98. The van der Waals surface area contributed by atoms with E-state index in [2.05, 4.69) is 14.8 Å². The third-order valence-electron chi connectivity index (χ3n) is 2.53. The number of aliphatic hydroxyl groups excluding tert-OH is 2. The number of alkyl halides is 3. The summed E-state index contributed by atoms with van der Waals surface area (Å²) in [6.07, 6.45) is -8.18. The van der Waals surface area contributed by atoms with Crippen LogP contribution in [0, 0.1) is 0 Å². The maximum absolute atomic E-state index is 12.3. The predicted molar refractivity (Wildman–Crippen MR) is 67.1 cm³/mol. The number of nitrogens with two attached hydrogens (primary N) is 1. The van der Waals surface area contributed by atoms with Crippen molar-refractivity contribution in [2.24, 2.45) is 5.11 Å². The van der Waals surface area contributed by atoms with Crippen molar-refractivity contribution in [1.29, 1.82) is 0 Å². The van der Waals surface area contributed by atoms with Gasteiger partial charge in [-0.3, -0.25) is 0 Å². The highest BCUT2D eigenvalue weighted by atomic mass is 19.4. The summed E-state index contributed by atoms with van der Waals surface area (Å²) in [5.74, 6) is -0.660. The number of hydrogen-bond acceptors (Lipinski definition) is 5. The van der Waals surface area contributed by atoms with E-state index in [1.54, 1.807) is 0 Å². The van der Waals surface area contributed by atoms with Crippen LogP contribution in [0.25, 0.3) is 10.4 Å². The molecule has 7 nitrogen and oxygen atoms in total. The van der Waals surface area contributed by atoms with Gasteiger partial charge >= 0.3 is 6.36 Å². The minimum atomic E-state index is -4.94. The molecule has 0 saturated heterocycles. The van der Waals surface area contributed by atoms with Crippen LogP contribution in [-0.4, -0.2) is 29.2 Å². The highest BCUT2D eigenvalue weighted by Gasteiger charge is 2.33. The Kier molecular flexibility index (Phi) is 5.65. The maximum atomic E-state index is 12.3. The van der Waals surface area contributed by atoms with Crippen LogP contribution < -0.4 is 10.5 Å². The van der Waals surface area contributed by atoms with Crippen molar-refractivity contribution in [2.75, 3.05) is 12.3 Å². The van der Waals surface area contributed by atoms with E-state index in [9.17, 15) is 23.4 Å². The number of rotatable bonds is 6. The first-order chi connectivity index (χ1) is 9.74. The van der Waals surface area contributed by atoms with Gasteiger partial charge in [-0.1, -0.05) is 5.11 Å². The van der Waals surface area contributed by atoms with Crippen molar-refractivity contribution in [3.8, 4) is 5.75 Å². The lowest BCUT2D eigenvalue weighted by atomic mass is 10.0. The molecule has 0 fully saturated rings. The van der Waals surface area contributed by atoms with Gasteiger partial charge in [0.2, 0.25) is 0 Å². The number of halogens is 3. The summed E-state index contributed by atoms with van der Waals surface area (Å²) < 4.78 is 40.6. The molecule has 1 rings (SSSR count). The zero-order chi connectivity index (χ0) is 16.0. The van der Waals surface area contributed by atoms with Crippen molar-refractivity contribution in [1.82, 2.24) is 0 Å². The lowest BCUT2D eigenvalue weighted by Gasteiger charge is -2.21. The zero-order valence-electron chi connectivity index (χ0n) is 10.7. The van der Waals surface area contributed by atoms with Gasteiger partial charge < -0.3 is 20.7 Å². The lowest BCUT2D eigenvalue weighted by molar-refractivity contribution is -0.275. The number of anilines is 1. The van der Waals surface area contributed by atoms with E-state index in [1.807, 2.05) is 0 Å². The zero-order valence-corrected chi connectivity index (χ0v) is 10.7. The highest BCUT2D eigenvalue weighted by Crippen LogP contribution is 2.33. The van der Waals surface area contributed by atoms with Crippen LogP contribution in [0.1, 0.15) is 18.1 Å². The second-order valence-electron chi connectivity index (χ2n) is 4.10. The molecule has 21 heavy (non-hydrogen) atoms. The second kappa shape index (κ2) is 7.02. The van der Waals surface area contributed by atoms with Crippen LogP contribution in [-0.2, 0) is 0 Å². The highest BCUT2D eigenvalue weighted by molar-refractivity contribution is 5.49. The summed E-state index contributed by atoms with van der Waals surface area (Å²) in [6, 6.07) is 3.19. The monoisotopic (exact) mass is 306 g/mol. The Bertz CT molecular complexity index is 532. The van der Waals surface area contributed by atoms with E-state index in [0.29, 0.717) is 0 Å². The van der Waals surface area contributed by atoms with Gasteiger partial charge in [-0.05, 0) is 30.2 Å². The van der Waals surface area contributed by atoms with Gasteiger partial charge in [0.05, 0.1) is 6.10 Å². The molecule has 1 aromatic rings. The first-order valence-corrected chi connectivity index (χ1v) is 5.76. The van der Waals surface area contributed by atoms with Crippen LogP contribution in [0.2, 0.25) is 0 Å². The molecule has 0 heterocycles. The van der Waals surface area contributed by atoms with Crippen molar-refractivity contribution < 1.29 is 28.1 Å². The van der Waals surface area contributed by atoms with Gasteiger partial charge in [0, 0.05) is 22.7 Å². The summed E-state index contributed by atoms with van der Waals surface area (Å²) in [4.78, 5) is 2.46. The number of nitrogens with zero attached hydrogens (tertiary/aromatic N) is 3. The second-order valence-corrected chi connectivity index (χ2v) is 4.10. The quantitative estimate of drug-likeness (QED) is 0.322. The summed E-state index contributed by atoms with van der Waals surface area (Å²) >= 11 is 0. The van der Waals surface area contributed by atoms with E-state index >= 15 is 0 Å². The number of ether oxygens (including phenoxy) is 1. The molecule has 0 amide bonds. The Morgan fingerprint density at radius 1 is 1.38 bits per heavy atom. The molecule has 0 saturated carbocycles. The summed E-state index contributed by atoms with van der Waals surface area (Å²) in [5.41, 5.74) is 13.3. The van der Waals surface area contributed by atoms with Crippen molar-refractivity contribution >= 4 is 5.69 Å². The van der Waals surface area contributed by atoms with Gasteiger partial charge in [-0.2, -0.15) is 0 Å². The molecule has 0 radical (unpaired) electrons. The van der Waals surface area contributed by atoms with Gasteiger partial charge in [-0.25, -0.2) is 0 Å². The summed E-state index contributed by atoms with van der Waals surface area (Å²) in [7, 11) is 0. The molecule has 0 aromatic heterocycles. The molecule has 0 spiro atoms. The van der Waals surface area contributed by atoms with Crippen LogP contribution in [0.5, 0.6) is 5.75 Å². The summed E-state index contributed by atoms with van der Waals surface area (Å²) in [5, 5.41) is 22.8. The molecule has 0 aliphatic heterocycles. The summed E-state index contributed by atoms with van der Waals surface area (Å²) in [6.45, 7) is -0.119. The third kappa shape index (κ3) is 5.38. The molecule has 2 atom stereocenters. The number of benzene rings is 1. The molecule has 10 heteroatoms. The fraction of sp³-hybridized carbons (Fsp3) is 0.455. The molecule has 2 unspecified atom stereocenters. The molecule has 1 aromatic carbocycles. The number of hydrogen-bond donors (Lipinski definition) is 3. The Labute approximate surface area is 117 Å². The Morgan fingerprint density at radius 2 is 2.05 bits per heavy atom. The van der Waals surface area contributed by atoms with Gasteiger partial charge in [0.1, 0.15) is 11.9 Å². The normalized spacial score (nSPS) is 14.1. The average molecular weight is 306 g/mol. The minimum absolute atomic E-state index is 0.0980. The molecular formula is C11H13F3N4O3. The molecule has 0 aliphatic carbocycles. The van der Waals surface area contributed by atoms with E-state index in [-0.39, 0.29) is 24.2 Å². The lowest BCUT2D eigenvalue weighted by Crippen LogP contribution is -2.23. The third-order valence-corrected chi connectivity index (χ3v) is 2.53. The largest absolute Gasteiger partial charge is 0.573 e. The number of nitrogen functional groups attached to an aromatic ring is 1. The van der Waals surface area contributed by atoms with E-state index < -0.39 is 24.3 Å². The molecule has 4 N–H and O–H groups in total. The van der Waals surface area contributed by atoms with Crippen LogP contribution >= 0.6 is 0 Å². The fourth-order valence-corrected chi connectivity index (χ4v) is 1.62. The fourth-order valence-electron chi connectivity index (χ4n) is 1.62. The minimum Gasteiger partial charge on any atom is -0.405 e. The van der Waals surface area contributed by atoms with Gasteiger partial charge in [0.25, 0.3) is 0 Å². The van der Waals surface area contributed by atoms with Crippen molar-refractivity contribution in [3.05, 3.63) is 34.2 Å². The first-order valence-electron chi connectivity index (χ1n) is 5.76. The van der Waals surface area contributed by atoms with E-state index in [1.165, 1.54) is 6.07 Å². The van der Waals surface area contributed by atoms with E-state index in [4.69, 9.17) is 11.3 Å². The Morgan fingerprint density at radius 3 is 2.62 bits per heavy atom. The maximum Gasteiger partial charge on any atom is 0.573 e. The first kappa shape index (κ1) is 16.9. The van der Waals surface area contributed by atoms with Gasteiger partial charge in [0.15, 0.2) is 0 Å². The van der Waals surface area contributed by atoms with Crippen molar-refractivity contribution in [2.45, 2.75) is 25.0 Å². The predicted octanol–water partition coefficient (Wildman–Crippen LogP) is 2.26. The van der Waals surface area contributed by atoms with E-state index in [0.717, 1.165) is 12.1 Å². The van der Waals surface area contributed by atoms with Crippen LogP contribution in [0.4, 0.5) is 18.9 Å². The number of aliphatic hydroxyl groups is 2. The smallest absolute Gasteiger partial charge is 0.405 e.